The first-order chi connectivity index (χ1) is 11.4. The van der Waals surface area contributed by atoms with Crippen LogP contribution in [0.5, 0.6) is 0 Å². The van der Waals surface area contributed by atoms with E-state index in [9.17, 15) is 18.0 Å². The van der Waals surface area contributed by atoms with E-state index in [4.69, 9.17) is 9.47 Å². The van der Waals surface area contributed by atoms with Gasteiger partial charge in [-0.1, -0.05) is 12.1 Å². The van der Waals surface area contributed by atoms with Crippen LogP contribution in [0.15, 0.2) is 24.3 Å². The summed E-state index contributed by atoms with van der Waals surface area (Å²) < 4.78 is 49.0. The molecule has 3 atom stereocenters. The summed E-state index contributed by atoms with van der Waals surface area (Å²) >= 11 is 0. The summed E-state index contributed by atoms with van der Waals surface area (Å²) in [6.07, 6.45) is -4.14. The Bertz CT molecular complexity index is 588. The lowest BCUT2D eigenvalue weighted by Gasteiger charge is -2.35. The van der Waals surface area contributed by atoms with Crippen molar-refractivity contribution in [3.05, 3.63) is 35.4 Å². The molecule has 2 heterocycles. The molecule has 2 saturated heterocycles. The van der Waals surface area contributed by atoms with E-state index in [0.717, 1.165) is 12.1 Å². The second kappa shape index (κ2) is 6.72. The minimum absolute atomic E-state index is 0.0419. The second-order valence-electron chi connectivity index (χ2n) is 6.23. The molecule has 0 spiro atoms. The largest absolute Gasteiger partial charge is 0.416 e. The van der Waals surface area contributed by atoms with Crippen LogP contribution in [0, 0.1) is 5.92 Å². The van der Waals surface area contributed by atoms with Gasteiger partial charge in [0.1, 0.15) is 6.10 Å². The van der Waals surface area contributed by atoms with E-state index >= 15 is 0 Å². The molecule has 4 nitrogen and oxygen atoms in total. The molecule has 132 valence electrons. The predicted octanol–water partition coefficient (Wildman–Crippen LogP) is 3.03. The standard InChI is InChI=1S/C17H20F3NO3/c1-11-14(6-8-23-11)16(22)21-7-9-24-15(10-21)12-2-4-13(5-3-12)17(18,19)20/h2-5,11,14-15H,6-10H2,1H3. The molecule has 1 amide bonds. The highest BCUT2D eigenvalue weighted by atomic mass is 19.4. The van der Waals surface area contributed by atoms with Crippen LogP contribution in [0.25, 0.3) is 0 Å². The molecule has 2 aliphatic rings. The summed E-state index contributed by atoms with van der Waals surface area (Å²) in [6, 6.07) is 4.93. The molecular weight excluding hydrogens is 323 g/mol. The maximum absolute atomic E-state index is 12.6. The number of morpholine rings is 1. The van der Waals surface area contributed by atoms with Gasteiger partial charge in [-0.2, -0.15) is 13.2 Å². The molecule has 0 bridgehead atoms. The predicted molar refractivity (Wildman–Crippen MR) is 80.2 cm³/mol. The van der Waals surface area contributed by atoms with Crippen LogP contribution in [0.2, 0.25) is 0 Å². The number of hydrogen-bond acceptors (Lipinski definition) is 3. The SMILES string of the molecule is CC1OCCC1C(=O)N1CCOC(c2ccc(C(F)(F)F)cc2)C1. The van der Waals surface area contributed by atoms with Gasteiger partial charge in [-0.15, -0.1) is 0 Å². The molecule has 1 aromatic carbocycles. The molecule has 0 N–H and O–H groups in total. The van der Waals surface area contributed by atoms with E-state index in [1.807, 2.05) is 6.92 Å². The first-order valence-corrected chi connectivity index (χ1v) is 8.05. The fraction of sp³-hybridized carbons (Fsp3) is 0.588. The van der Waals surface area contributed by atoms with Gasteiger partial charge in [-0.05, 0) is 31.0 Å². The number of carbonyl (C=O) groups is 1. The molecule has 0 aliphatic carbocycles. The third kappa shape index (κ3) is 3.57. The van der Waals surface area contributed by atoms with E-state index in [1.54, 1.807) is 4.90 Å². The molecule has 0 aromatic heterocycles. The van der Waals surface area contributed by atoms with Crippen molar-refractivity contribution in [2.45, 2.75) is 31.7 Å². The van der Waals surface area contributed by atoms with Crippen LogP contribution < -0.4 is 0 Å². The molecule has 1 aromatic rings. The van der Waals surface area contributed by atoms with Crippen LogP contribution in [0.4, 0.5) is 13.2 Å². The minimum Gasteiger partial charge on any atom is -0.378 e. The lowest BCUT2D eigenvalue weighted by atomic mass is 9.99. The van der Waals surface area contributed by atoms with E-state index in [2.05, 4.69) is 0 Å². The first-order valence-electron chi connectivity index (χ1n) is 8.05. The van der Waals surface area contributed by atoms with Crippen molar-refractivity contribution in [2.24, 2.45) is 5.92 Å². The van der Waals surface area contributed by atoms with Gasteiger partial charge in [0, 0.05) is 13.2 Å². The van der Waals surface area contributed by atoms with Crippen LogP contribution >= 0.6 is 0 Å². The molecule has 3 rings (SSSR count). The molecule has 24 heavy (non-hydrogen) atoms. The number of alkyl halides is 3. The summed E-state index contributed by atoms with van der Waals surface area (Å²) in [4.78, 5) is 14.4. The Morgan fingerprint density at radius 1 is 1.17 bits per heavy atom. The van der Waals surface area contributed by atoms with Crippen molar-refractivity contribution < 1.29 is 27.4 Å². The van der Waals surface area contributed by atoms with Gasteiger partial charge >= 0.3 is 6.18 Å². The second-order valence-corrected chi connectivity index (χ2v) is 6.23. The van der Waals surface area contributed by atoms with Crippen molar-refractivity contribution in [3.8, 4) is 0 Å². The van der Waals surface area contributed by atoms with Crippen molar-refractivity contribution in [3.63, 3.8) is 0 Å². The zero-order chi connectivity index (χ0) is 17.3. The summed E-state index contributed by atoms with van der Waals surface area (Å²) in [6.45, 7) is 3.71. The monoisotopic (exact) mass is 343 g/mol. The molecule has 2 aliphatic heterocycles. The number of rotatable bonds is 2. The Hall–Kier alpha value is -1.60. The maximum atomic E-state index is 12.6. The van der Waals surface area contributed by atoms with Gasteiger partial charge in [0.25, 0.3) is 0 Å². The number of benzene rings is 1. The van der Waals surface area contributed by atoms with Crippen molar-refractivity contribution in [2.75, 3.05) is 26.3 Å². The van der Waals surface area contributed by atoms with Crippen LogP contribution in [-0.2, 0) is 20.4 Å². The Kier molecular flexibility index (Phi) is 4.83. The number of ether oxygens (including phenoxy) is 2. The normalized spacial score (nSPS) is 28.2. The van der Waals surface area contributed by atoms with Gasteiger partial charge in [0.05, 0.1) is 30.7 Å². The average molecular weight is 343 g/mol. The number of nitrogens with zero attached hydrogens (tertiary/aromatic N) is 1. The molecule has 0 radical (unpaired) electrons. The zero-order valence-corrected chi connectivity index (χ0v) is 13.4. The minimum atomic E-state index is -4.35. The number of halogens is 3. The van der Waals surface area contributed by atoms with E-state index < -0.39 is 17.8 Å². The topological polar surface area (TPSA) is 38.8 Å². The maximum Gasteiger partial charge on any atom is 0.416 e. The fourth-order valence-corrected chi connectivity index (χ4v) is 3.23. The number of carbonyl (C=O) groups excluding carboxylic acids is 1. The van der Waals surface area contributed by atoms with Gasteiger partial charge < -0.3 is 14.4 Å². The summed E-state index contributed by atoms with van der Waals surface area (Å²) in [7, 11) is 0. The molecule has 3 unspecified atom stereocenters. The summed E-state index contributed by atoms with van der Waals surface area (Å²) in [5, 5.41) is 0. The van der Waals surface area contributed by atoms with Crippen LogP contribution in [0.1, 0.15) is 30.6 Å². The highest BCUT2D eigenvalue weighted by Crippen LogP contribution is 2.32. The van der Waals surface area contributed by atoms with Crippen molar-refractivity contribution >= 4 is 5.91 Å². The zero-order valence-electron chi connectivity index (χ0n) is 13.4. The van der Waals surface area contributed by atoms with Crippen LogP contribution in [0.3, 0.4) is 0 Å². The van der Waals surface area contributed by atoms with Gasteiger partial charge in [-0.3, -0.25) is 4.79 Å². The van der Waals surface area contributed by atoms with Gasteiger partial charge in [0.2, 0.25) is 5.91 Å². The lowest BCUT2D eigenvalue weighted by molar-refractivity contribution is -0.144. The first kappa shape index (κ1) is 17.2. The number of hydrogen-bond donors (Lipinski definition) is 0. The van der Waals surface area contributed by atoms with Gasteiger partial charge in [-0.25, -0.2) is 0 Å². The van der Waals surface area contributed by atoms with E-state index in [0.29, 0.717) is 38.3 Å². The summed E-state index contributed by atoms with van der Waals surface area (Å²) in [5.74, 6) is -0.100. The lowest BCUT2D eigenvalue weighted by Crippen LogP contribution is -2.46. The quantitative estimate of drug-likeness (QED) is 0.829. The summed E-state index contributed by atoms with van der Waals surface area (Å²) in [5.41, 5.74) is -0.0388. The molecule has 0 saturated carbocycles. The van der Waals surface area contributed by atoms with Crippen molar-refractivity contribution in [1.29, 1.82) is 0 Å². The Balaban J connectivity index is 1.68. The van der Waals surface area contributed by atoms with Gasteiger partial charge in [0.15, 0.2) is 0 Å². The smallest absolute Gasteiger partial charge is 0.378 e. The molecule has 7 heteroatoms. The Morgan fingerprint density at radius 2 is 1.88 bits per heavy atom. The van der Waals surface area contributed by atoms with Crippen molar-refractivity contribution in [1.82, 2.24) is 4.90 Å². The molecule has 2 fully saturated rings. The third-order valence-corrected chi connectivity index (χ3v) is 4.68. The Labute approximate surface area is 138 Å². The highest BCUT2D eigenvalue weighted by Gasteiger charge is 2.36. The molecular formula is C17H20F3NO3. The number of amides is 1. The van der Waals surface area contributed by atoms with E-state index in [-0.39, 0.29) is 17.9 Å². The Morgan fingerprint density at radius 3 is 2.46 bits per heavy atom. The third-order valence-electron chi connectivity index (χ3n) is 4.68. The van der Waals surface area contributed by atoms with Crippen LogP contribution in [-0.4, -0.2) is 43.2 Å². The average Bonchev–Trinajstić information content (AvgIpc) is 3.00. The van der Waals surface area contributed by atoms with E-state index in [1.165, 1.54) is 12.1 Å². The fourth-order valence-electron chi connectivity index (χ4n) is 3.23. The highest BCUT2D eigenvalue weighted by molar-refractivity contribution is 5.79.